The summed E-state index contributed by atoms with van der Waals surface area (Å²) in [7, 11) is 0. The van der Waals surface area contributed by atoms with Crippen molar-refractivity contribution in [2.75, 3.05) is 23.3 Å². The molecule has 0 spiro atoms. The number of carbonyl (C=O) groups is 1. The summed E-state index contributed by atoms with van der Waals surface area (Å²) < 4.78 is 0. The lowest BCUT2D eigenvalue weighted by Gasteiger charge is -2.21. The van der Waals surface area contributed by atoms with E-state index in [9.17, 15) is 4.79 Å². The van der Waals surface area contributed by atoms with E-state index in [1.165, 1.54) is 0 Å². The summed E-state index contributed by atoms with van der Waals surface area (Å²) in [6.45, 7) is 8.18. The van der Waals surface area contributed by atoms with Crippen molar-refractivity contribution in [1.29, 1.82) is 0 Å². The molecule has 3 aromatic rings. The minimum absolute atomic E-state index is 0.146. The van der Waals surface area contributed by atoms with Crippen molar-refractivity contribution >= 4 is 28.3 Å². The van der Waals surface area contributed by atoms with Crippen LogP contribution in [0.25, 0.3) is 10.9 Å². The second-order valence-electron chi connectivity index (χ2n) is 5.89. The maximum Gasteiger partial charge on any atom is 0.255 e. The first kappa shape index (κ1) is 16.9. The van der Waals surface area contributed by atoms with E-state index < -0.39 is 0 Å². The van der Waals surface area contributed by atoms with Crippen molar-refractivity contribution < 1.29 is 4.79 Å². The fourth-order valence-corrected chi connectivity index (χ4v) is 2.87. The van der Waals surface area contributed by atoms with Crippen molar-refractivity contribution in [1.82, 2.24) is 9.97 Å². The summed E-state index contributed by atoms with van der Waals surface area (Å²) in [6.07, 6.45) is 3.22. The number of hydrogen-bond donors (Lipinski definition) is 1. The number of benzene rings is 1. The molecule has 0 bridgehead atoms. The first-order chi connectivity index (χ1) is 12.1. The first-order valence-corrected chi connectivity index (χ1v) is 8.50. The van der Waals surface area contributed by atoms with Gasteiger partial charge in [0.05, 0.1) is 5.52 Å². The van der Waals surface area contributed by atoms with E-state index in [0.717, 1.165) is 41.1 Å². The molecule has 0 aliphatic carbocycles. The molecule has 0 saturated carbocycles. The van der Waals surface area contributed by atoms with Crippen molar-refractivity contribution in [3.05, 3.63) is 59.9 Å². The van der Waals surface area contributed by atoms with Gasteiger partial charge >= 0.3 is 0 Å². The van der Waals surface area contributed by atoms with Crippen LogP contribution in [0, 0.1) is 6.92 Å². The van der Waals surface area contributed by atoms with Gasteiger partial charge in [0.1, 0.15) is 5.82 Å². The lowest BCUT2D eigenvalue weighted by molar-refractivity contribution is 0.102. The van der Waals surface area contributed by atoms with Crippen LogP contribution in [0.2, 0.25) is 0 Å². The molecule has 0 aliphatic heterocycles. The SMILES string of the molecule is CCN(CC)c1cc(C)c2cc(NC(=O)c3ccncc3)ccc2n1. The lowest BCUT2D eigenvalue weighted by Crippen LogP contribution is -2.23. The summed E-state index contributed by atoms with van der Waals surface area (Å²) in [5.74, 6) is 0.843. The van der Waals surface area contributed by atoms with Gasteiger partial charge in [-0.05, 0) is 62.7 Å². The third kappa shape index (κ3) is 3.60. The van der Waals surface area contributed by atoms with Crippen LogP contribution in [0.5, 0.6) is 0 Å². The van der Waals surface area contributed by atoms with E-state index in [4.69, 9.17) is 4.98 Å². The van der Waals surface area contributed by atoms with Crippen molar-refractivity contribution in [3.63, 3.8) is 0 Å². The van der Waals surface area contributed by atoms with Gasteiger partial charge < -0.3 is 10.2 Å². The van der Waals surface area contributed by atoms with E-state index in [1.54, 1.807) is 24.5 Å². The maximum absolute atomic E-state index is 12.3. The zero-order valence-corrected chi connectivity index (χ0v) is 14.8. The summed E-state index contributed by atoms with van der Waals surface area (Å²) in [6, 6.07) is 11.3. The highest BCUT2D eigenvalue weighted by Gasteiger charge is 2.10. The highest BCUT2D eigenvalue weighted by Crippen LogP contribution is 2.25. The number of rotatable bonds is 5. The Balaban J connectivity index is 1.91. The van der Waals surface area contributed by atoms with E-state index in [0.29, 0.717) is 5.56 Å². The van der Waals surface area contributed by atoms with Crippen LogP contribution in [-0.2, 0) is 0 Å². The molecule has 0 atom stereocenters. The normalized spacial score (nSPS) is 10.7. The number of amides is 1. The number of nitrogens with one attached hydrogen (secondary N) is 1. The van der Waals surface area contributed by atoms with Gasteiger partial charge in [0, 0.05) is 42.1 Å². The maximum atomic E-state index is 12.3. The molecule has 2 heterocycles. The van der Waals surface area contributed by atoms with Gasteiger partial charge in [-0.2, -0.15) is 0 Å². The molecule has 1 aromatic carbocycles. The lowest BCUT2D eigenvalue weighted by atomic mass is 10.1. The summed E-state index contributed by atoms with van der Waals surface area (Å²) in [5.41, 5.74) is 3.42. The molecule has 5 heteroatoms. The number of pyridine rings is 2. The minimum atomic E-state index is -0.146. The van der Waals surface area contributed by atoms with Crippen LogP contribution in [0.15, 0.2) is 48.8 Å². The van der Waals surface area contributed by atoms with Gasteiger partial charge in [0.2, 0.25) is 0 Å². The van der Waals surface area contributed by atoms with Gasteiger partial charge in [-0.15, -0.1) is 0 Å². The van der Waals surface area contributed by atoms with Gasteiger partial charge in [0.25, 0.3) is 5.91 Å². The molecule has 0 fully saturated rings. The Labute approximate surface area is 147 Å². The van der Waals surface area contributed by atoms with Crippen LogP contribution in [0.1, 0.15) is 29.8 Å². The van der Waals surface area contributed by atoms with Gasteiger partial charge in [0.15, 0.2) is 0 Å². The number of aromatic nitrogens is 2. The molecule has 2 aromatic heterocycles. The van der Waals surface area contributed by atoms with Crippen molar-refractivity contribution in [3.8, 4) is 0 Å². The predicted molar refractivity (Wildman–Crippen MR) is 102 cm³/mol. The summed E-state index contributed by atoms with van der Waals surface area (Å²) >= 11 is 0. The molecule has 1 amide bonds. The van der Waals surface area contributed by atoms with Crippen molar-refractivity contribution in [2.45, 2.75) is 20.8 Å². The number of aryl methyl sites for hydroxylation is 1. The fourth-order valence-electron chi connectivity index (χ4n) is 2.87. The molecular formula is C20H22N4O. The summed E-state index contributed by atoms with van der Waals surface area (Å²) in [5, 5.41) is 3.98. The number of carbonyl (C=O) groups excluding carboxylic acids is 1. The number of nitrogens with zero attached hydrogens (tertiary/aromatic N) is 3. The number of hydrogen-bond acceptors (Lipinski definition) is 4. The molecule has 0 saturated heterocycles. The summed E-state index contributed by atoms with van der Waals surface area (Å²) in [4.78, 5) is 23.2. The van der Waals surface area contributed by atoms with Crippen LogP contribution in [-0.4, -0.2) is 29.0 Å². The fraction of sp³-hybridized carbons (Fsp3) is 0.250. The monoisotopic (exact) mass is 334 g/mol. The van der Waals surface area contributed by atoms with Gasteiger partial charge in [-0.25, -0.2) is 4.98 Å². The zero-order valence-electron chi connectivity index (χ0n) is 14.8. The second-order valence-corrected chi connectivity index (χ2v) is 5.89. The second kappa shape index (κ2) is 7.30. The average molecular weight is 334 g/mol. The van der Waals surface area contributed by atoms with Gasteiger partial charge in [-0.3, -0.25) is 9.78 Å². The third-order valence-corrected chi connectivity index (χ3v) is 4.29. The Morgan fingerprint density at radius 2 is 1.80 bits per heavy atom. The van der Waals surface area contributed by atoms with E-state index in [-0.39, 0.29) is 5.91 Å². The van der Waals surface area contributed by atoms with Crippen LogP contribution >= 0.6 is 0 Å². The molecule has 0 radical (unpaired) electrons. The highest BCUT2D eigenvalue weighted by molar-refractivity contribution is 6.05. The molecule has 0 unspecified atom stereocenters. The molecule has 25 heavy (non-hydrogen) atoms. The Morgan fingerprint density at radius 3 is 2.48 bits per heavy atom. The largest absolute Gasteiger partial charge is 0.357 e. The van der Waals surface area contributed by atoms with Crippen LogP contribution < -0.4 is 10.2 Å². The van der Waals surface area contributed by atoms with E-state index in [1.807, 2.05) is 18.2 Å². The zero-order chi connectivity index (χ0) is 17.8. The van der Waals surface area contributed by atoms with Gasteiger partial charge in [-0.1, -0.05) is 0 Å². The molecule has 5 nitrogen and oxygen atoms in total. The minimum Gasteiger partial charge on any atom is -0.357 e. The Hall–Kier alpha value is -2.95. The Morgan fingerprint density at radius 1 is 1.08 bits per heavy atom. The number of fused-ring (bicyclic) bond motifs is 1. The van der Waals surface area contributed by atoms with E-state index in [2.05, 4.69) is 42.0 Å². The molecular weight excluding hydrogens is 312 g/mol. The molecule has 1 N–H and O–H groups in total. The highest BCUT2D eigenvalue weighted by atomic mass is 16.1. The standard InChI is InChI=1S/C20H22N4O/c1-4-24(5-2)19-12-14(3)17-13-16(6-7-18(17)23-19)22-20(25)15-8-10-21-11-9-15/h6-13H,4-5H2,1-3H3,(H,22,25). The predicted octanol–water partition coefficient (Wildman–Crippen LogP) is 4.04. The molecule has 0 aliphatic rings. The van der Waals surface area contributed by atoms with Crippen LogP contribution in [0.4, 0.5) is 11.5 Å². The quantitative estimate of drug-likeness (QED) is 0.765. The Bertz CT molecular complexity index is 889. The number of anilines is 2. The molecule has 3 rings (SSSR count). The molecule has 128 valence electrons. The first-order valence-electron chi connectivity index (χ1n) is 8.50. The smallest absolute Gasteiger partial charge is 0.255 e. The Kier molecular flexibility index (Phi) is 4.93. The van der Waals surface area contributed by atoms with E-state index >= 15 is 0 Å². The topological polar surface area (TPSA) is 58.1 Å². The van der Waals surface area contributed by atoms with Crippen molar-refractivity contribution in [2.24, 2.45) is 0 Å². The third-order valence-electron chi connectivity index (χ3n) is 4.29. The average Bonchev–Trinajstić information content (AvgIpc) is 2.64. The van der Waals surface area contributed by atoms with Crippen LogP contribution in [0.3, 0.4) is 0 Å².